The lowest BCUT2D eigenvalue weighted by Crippen LogP contribution is -2.02. The fraction of sp³-hybridized carbons (Fsp3) is 0.375. The molecule has 0 amide bonds. The zero-order chi connectivity index (χ0) is 14.9. The van der Waals surface area contributed by atoms with Crippen LogP contribution in [0, 0.1) is 20.8 Å². The topological polar surface area (TPSA) is 35.0 Å². The van der Waals surface area contributed by atoms with Gasteiger partial charge >= 0.3 is 0 Å². The Balaban J connectivity index is 2.39. The van der Waals surface area contributed by atoms with E-state index < -0.39 is 0 Å². The molecule has 0 N–H and O–H groups in total. The van der Waals surface area contributed by atoms with Crippen molar-refractivity contribution in [1.29, 1.82) is 0 Å². The van der Waals surface area contributed by atoms with Crippen molar-refractivity contribution in [2.75, 3.05) is 0 Å². The Bertz CT molecular complexity index is 639. The molecule has 0 fully saturated rings. The lowest BCUT2D eigenvalue weighted by Gasteiger charge is -2.12. The first-order valence-corrected chi connectivity index (χ1v) is 7.05. The van der Waals surface area contributed by atoms with Crippen molar-refractivity contribution in [3.63, 3.8) is 0 Å². The van der Waals surface area contributed by atoms with Crippen LogP contribution in [0.3, 0.4) is 0 Å². The number of rotatable bonds is 3. The van der Waals surface area contributed by atoms with Crippen LogP contribution in [0.1, 0.15) is 42.3 Å². The summed E-state index contributed by atoms with van der Waals surface area (Å²) in [4.78, 5) is 8.74. The van der Waals surface area contributed by atoms with Gasteiger partial charge in [0, 0.05) is 11.5 Å². The number of hydrogen-bond donors (Lipinski definition) is 0. The van der Waals surface area contributed by atoms with Gasteiger partial charge in [0.05, 0.1) is 0 Å². The summed E-state index contributed by atoms with van der Waals surface area (Å²) in [5, 5.41) is 0.447. The number of halogens is 1. The van der Waals surface area contributed by atoms with E-state index >= 15 is 0 Å². The first-order chi connectivity index (χ1) is 9.38. The maximum absolute atomic E-state index is 6.15. The highest BCUT2D eigenvalue weighted by Gasteiger charge is 2.13. The molecule has 0 spiro atoms. The van der Waals surface area contributed by atoms with Gasteiger partial charge in [-0.25, -0.2) is 4.98 Å². The van der Waals surface area contributed by atoms with Gasteiger partial charge in [-0.15, -0.1) is 0 Å². The van der Waals surface area contributed by atoms with E-state index in [0.717, 1.165) is 11.3 Å². The van der Waals surface area contributed by atoms with Gasteiger partial charge in [-0.3, -0.25) is 0 Å². The minimum atomic E-state index is 0.204. The molecule has 0 radical (unpaired) electrons. The molecule has 2 rings (SSSR count). The number of aromatic nitrogens is 2. The van der Waals surface area contributed by atoms with Gasteiger partial charge in [-0.2, -0.15) is 4.98 Å². The van der Waals surface area contributed by atoms with Crippen LogP contribution in [0.2, 0.25) is 5.15 Å². The van der Waals surface area contributed by atoms with Crippen LogP contribution in [0.4, 0.5) is 0 Å². The Labute approximate surface area is 125 Å². The third-order valence-corrected chi connectivity index (χ3v) is 3.64. The van der Waals surface area contributed by atoms with E-state index in [-0.39, 0.29) is 5.92 Å². The first kappa shape index (κ1) is 14.8. The Morgan fingerprint density at radius 1 is 1.05 bits per heavy atom. The summed E-state index contributed by atoms with van der Waals surface area (Å²) in [6.07, 6.45) is 0. The molecule has 20 heavy (non-hydrogen) atoms. The third kappa shape index (κ3) is 3.10. The molecule has 0 atom stereocenters. The molecule has 2 aromatic rings. The van der Waals surface area contributed by atoms with Crippen molar-refractivity contribution in [1.82, 2.24) is 9.97 Å². The second kappa shape index (κ2) is 5.80. The van der Waals surface area contributed by atoms with Gasteiger partial charge in [0.2, 0.25) is 5.88 Å². The van der Waals surface area contributed by atoms with Crippen molar-refractivity contribution >= 4 is 11.6 Å². The zero-order valence-corrected chi connectivity index (χ0v) is 13.2. The summed E-state index contributed by atoms with van der Waals surface area (Å²) in [6.45, 7) is 10.1. The average molecular weight is 291 g/mol. The summed E-state index contributed by atoms with van der Waals surface area (Å²) < 4.78 is 5.88. The number of nitrogens with zero attached hydrogens (tertiary/aromatic N) is 2. The molecule has 3 nitrogen and oxygen atoms in total. The number of ether oxygens (including phenoxy) is 1. The van der Waals surface area contributed by atoms with Crippen LogP contribution in [0.25, 0.3) is 0 Å². The Hall–Kier alpha value is -1.61. The largest absolute Gasteiger partial charge is 0.439 e. The molecule has 4 heteroatoms. The monoisotopic (exact) mass is 290 g/mol. The molecule has 1 aromatic carbocycles. The van der Waals surface area contributed by atoms with Gasteiger partial charge in [-0.1, -0.05) is 31.5 Å². The highest BCUT2D eigenvalue weighted by Crippen LogP contribution is 2.29. The zero-order valence-electron chi connectivity index (χ0n) is 12.5. The number of hydrogen-bond acceptors (Lipinski definition) is 3. The molecule has 0 saturated carbocycles. The maximum Gasteiger partial charge on any atom is 0.226 e. The molecule has 1 aromatic heterocycles. The quantitative estimate of drug-likeness (QED) is 0.749. The SMILES string of the molecule is Cc1ccc(Oc2nc(C(C)C)nc(Cl)c2C)cc1C. The van der Waals surface area contributed by atoms with Crippen molar-refractivity contribution in [3.05, 3.63) is 45.9 Å². The summed E-state index contributed by atoms with van der Waals surface area (Å²) >= 11 is 6.15. The van der Waals surface area contributed by atoms with Crippen LogP contribution >= 0.6 is 11.6 Å². The smallest absolute Gasteiger partial charge is 0.226 e. The summed E-state index contributed by atoms with van der Waals surface area (Å²) in [7, 11) is 0. The van der Waals surface area contributed by atoms with Crippen LogP contribution in [-0.4, -0.2) is 9.97 Å². The third-order valence-electron chi connectivity index (χ3n) is 3.27. The maximum atomic E-state index is 6.15. The van der Waals surface area contributed by atoms with Crippen molar-refractivity contribution < 1.29 is 4.74 Å². The van der Waals surface area contributed by atoms with Gasteiger partial charge in [0.15, 0.2) is 0 Å². The van der Waals surface area contributed by atoms with E-state index in [4.69, 9.17) is 16.3 Å². The molecule has 1 heterocycles. The molecule has 106 valence electrons. The Morgan fingerprint density at radius 2 is 1.75 bits per heavy atom. The average Bonchev–Trinajstić information content (AvgIpc) is 2.38. The minimum Gasteiger partial charge on any atom is -0.439 e. The molecule has 0 aliphatic carbocycles. The normalized spacial score (nSPS) is 10.9. The van der Waals surface area contributed by atoms with Gasteiger partial charge in [-0.05, 0) is 44.0 Å². The highest BCUT2D eigenvalue weighted by molar-refractivity contribution is 6.30. The lowest BCUT2D eigenvalue weighted by molar-refractivity contribution is 0.452. The molecule has 0 unspecified atom stereocenters. The lowest BCUT2D eigenvalue weighted by atomic mass is 10.1. The van der Waals surface area contributed by atoms with Gasteiger partial charge in [0.1, 0.15) is 16.7 Å². The van der Waals surface area contributed by atoms with Crippen LogP contribution < -0.4 is 4.74 Å². The van der Waals surface area contributed by atoms with E-state index in [1.54, 1.807) is 0 Å². The number of aryl methyl sites for hydroxylation is 2. The Kier molecular flexibility index (Phi) is 4.29. The second-order valence-corrected chi connectivity index (χ2v) is 5.66. The van der Waals surface area contributed by atoms with E-state index in [9.17, 15) is 0 Å². The van der Waals surface area contributed by atoms with Gasteiger partial charge in [0.25, 0.3) is 0 Å². The second-order valence-electron chi connectivity index (χ2n) is 5.31. The molecular weight excluding hydrogens is 272 g/mol. The highest BCUT2D eigenvalue weighted by atomic mass is 35.5. The minimum absolute atomic E-state index is 0.204. The summed E-state index contributed by atoms with van der Waals surface area (Å²) in [5.74, 6) is 2.19. The van der Waals surface area contributed by atoms with E-state index in [2.05, 4.69) is 23.8 Å². The standard InChI is InChI=1S/C16H19ClN2O/c1-9(2)15-18-14(17)12(5)16(19-15)20-13-7-6-10(3)11(4)8-13/h6-9H,1-5H3. The van der Waals surface area contributed by atoms with Crippen LogP contribution in [-0.2, 0) is 0 Å². The van der Waals surface area contributed by atoms with Crippen LogP contribution in [0.5, 0.6) is 11.6 Å². The fourth-order valence-electron chi connectivity index (χ4n) is 1.73. The number of benzene rings is 1. The Morgan fingerprint density at radius 3 is 2.35 bits per heavy atom. The molecule has 0 saturated heterocycles. The van der Waals surface area contributed by atoms with E-state index in [1.807, 2.05) is 39.0 Å². The summed E-state index contributed by atoms with van der Waals surface area (Å²) in [5.41, 5.74) is 3.18. The molecule has 0 aliphatic heterocycles. The van der Waals surface area contributed by atoms with Crippen molar-refractivity contribution in [3.8, 4) is 11.6 Å². The molecule has 0 bridgehead atoms. The molecule has 0 aliphatic rings. The fourth-order valence-corrected chi connectivity index (χ4v) is 1.90. The van der Waals surface area contributed by atoms with Crippen LogP contribution in [0.15, 0.2) is 18.2 Å². The first-order valence-electron chi connectivity index (χ1n) is 6.67. The van der Waals surface area contributed by atoms with Gasteiger partial charge < -0.3 is 4.74 Å². The van der Waals surface area contributed by atoms with Crippen molar-refractivity contribution in [2.24, 2.45) is 0 Å². The van der Waals surface area contributed by atoms with Crippen molar-refractivity contribution in [2.45, 2.75) is 40.5 Å². The van der Waals surface area contributed by atoms with E-state index in [0.29, 0.717) is 16.9 Å². The predicted octanol–water partition coefficient (Wildman–Crippen LogP) is 4.97. The molecular formula is C16H19ClN2O. The summed E-state index contributed by atoms with van der Waals surface area (Å²) in [6, 6.07) is 5.97. The van der Waals surface area contributed by atoms with E-state index in [1.165, 1.54) is 11.1 Å². The predicted molar refractivity (Wildman–Crippen MR) is 81.9 cm³/mol.